The highest BCUT2D eigenvalue weighted by atomic mass is 32.1. The van der Waals surface area contributed by atoms with E-state index in [0.717, 1.165) is 23.5 Å². The summed E-state index contributed by atoms with van der Waals surface area (Å²) < 4.78 is 0. The van der Waals surface area contributed by atoms with Crippen LogP contribution in [0.5, 0.6) is 0 Å². The first-order valence-electron chi connectivity index (χ1n) is 6.66. The number of aryl methyl sites for hydroxylation is 1. The van der Waals surface area contributed by atoms with Crippen LogP contribution in [0.4, 0.5) is 0 Å². The molecule has 2 rings (SSSR count). The highest BCUT2D eigenvalue weighted by molar-refractivity contribution is 7.13. The number of carboxylic acid groups (broad SMARTS) is 1. The van der Waals surface area contributed by atoms with Gasteiger partial charge in [-0.1, -0.05) is 20.8 Å². The fourth-order valence-electron chi connectivity index (χ4n) is 2.60. The number of nitrogens with zero attached hydrogens (tertiary/aromatic N) is 1. The Hall–Kier alpha value is -0.900. The minimum atomic E-state index is -0.827. The third kappa shape index (κ3) is 2.74. The van der Waals surface area contributed by atoms with Gasteiger partial charge in [0.15, 0.2) is 0 Å². The molecular weight excluding hydrogens is 246 g/mol. The molecule has 1 N–H and O–H groups in total. The normalized spacial score (nSPS) is 19.9. The van der Waals surface area contributed by atoms with E-state index >= 15 is 0 Å². The van der Waals surface area contributed by atoms with Crippen molar-refractivity contribution < 1.29 is 9.90 Å². The maximum absolute atomic E-state index is 11.2. The number of hydrogen-bond acceptors (Lipinski definition) is 3. The van der Waals surface area contributed by atoms with Crippen molar-refractivity contribution in [2.75, 3.05) is 0 Å². The predicted octanol–water partition coefficient (Wildman–Crippen LogP) is 4.09. The van der Waals surface area contributed by atoms with E-state index in [1.54, 1.807) is 0 Å². The molecule has 0 saturated heterocycles. The summed E-state index contributed by atoms with van der Waals surface area (Å²) in [5, 5.41) is 10.2. The third-order valence-corrected chi connectivity index (χ3v) is 5.18. The van der Waals surface area contributed by atoms with E-state index in [4.69, 9.17) is 5.11 Å². The van der Waals surface area contributed by atoms with Gasteiger partial charge in [0, 0.05) is 5.92 Å². The summed E-state index contributed by atoms with van der Waals surface area (Å²) in [5.74, 6) is -0.354. The van der Waals surface area contributed by atoms with E-state index in [1.807, 2.05) is 6.92 Å². The number of thiazole rings is 1. The summed E-state index contributed by atoms with van der Waals surface area (Å²) in [6.45, 7) is 6.59. The summed E-state index contributed by atoms with van der Waals surface area (Å²) in [4.78, 5) is 16.2. The van der Waals surface area contributed by atoms with Gasteiger partial charge in [-0.2, -0.15) is 0 Å². The molecule has 1 saturated carbocycles. The molecule has 100 valence electrons. The molecule has 0 amide bonds. The van der Waals surface area contributed by atoms with Crippen LogP contribution >= 0.6 is 11.3 Å². The standard InChI is InChI=1S/C14H21NO2S/c1-4-10-11(13(16)17)18-12(15-10)9-5-7-14(2,3)8-6-9/h9H,4-8H2,1-3H3,(H,16,17). The zero-order valence-electron chi connectivity index (χ0n) is 11.3. The van der Waals surface area contributed by atoms with E-state index < -0.39 is 5.97 Å². The summed E-state index contributed by atoms with van der Waals surface area (Å²) >= 11 is 1.39. The first-order valence-corrected chi connectivity index (χ1v) is 7.47. The molecule has 0 bridgehead atoms. The van der Waals surface area contributed by atoms with Crippen LogP contribution in [0, 0.1) is 5.41 Å². The van der Waals surface area contributed by atoms with Crippen molar-refractivity contribution in [1.82, 2.24) is 4.98 Å². The monoisotopic (exact) mass is 267 g/mol. The van der Waals surface area contributed by atoms with Crippen LogP contribution in [0.15, 0.2) is 0 Å². The molecule has 1 aromatic rings. The Balaban J connectivity index is 2.17. The molecule has 0 unspecified atom stereocenters. The van der Waals surface area contributed by atoms with Crippen LogP contribution in [0.1, 0.15) is 72.7 Å². The largest absolute Gasteiger partial charge is 0.477 e. The highest BCUT2D eigenvalue weighted by Gasteiger charge is 2.30. The fourth-order valence-corrected chi connectivity index (χ4v) is 3.76. The Morgan fingerprint density at radius 1 is 1.44 bits per heavy atom. The zero-order chi connectivity index (χ0) is 13.3. The van der Waals surface area contributed by atoms with Gasteiger partial charge in [-0.15, -0.1) is 11.3 Å². The molecule has 1 aromatic heterocycles. The smallest absolute Gasteiger partial charge is 0.347 e. The van der Waals surface area contributed by atoms with E-state index in [2.05, 4.69) is 18.8 Å². The van der Waals surface area contributed by atoms with Gasteiger partial charge in [-0.3, -0.25) is 0 Å². The molecular formula is C14H21NO2S. The van der Waals surface area contributed by atoms with E-state index in [0.29, 0.717) is 22.6 Å². The van der Waals surface area contributed by atoms with Gasteiger partial charge in [0.25, 0.3) is 0 Å². The van der Waals surface area contributed by atoms with Gasteiger partial charge < -0.3 is 5.11 Å². The molecule has 1 heterocycles. The number of aromatic nitrogens is 1. The average Bonchev–Trinajstić information content (AvgIpc) is 2.73. The lowest BCUT2D eigenvalue weighted by atomic mass is 9.73. The van der Waals surface area contributed by atoms with Crippen LogP contribution in [0.25, 0.3) is 0 Å². The quantitative estimate of drug-likeness (QED) is 0.897. The first-order chi connectivity index (χ1) is 8.43. The summed E-state index contributed by atoms with van der Waals surface area (Å²) in [7, 11) is 0. The second-order valence-electron chi connectivity index (χ2n) is 5.93. The minimum Gasteiger partial charge on any atom is -0.477 e. The summed E-state index contributed by atoms with van der Waals surface area (Å²) in [6, 6.07) is 0. The predicted molar refractivity (Wildman–Crippen MR) is 73.4 cm³/mol. The van der Waals surface area contributed by atoms with E-state index in [-0.39, 0.29) is 0 Å². The van der Waals surface area contributed by atoms with E-state index in [9.17, 15) is 4.79 Å². The molecule has 1 fully saturated rings. The molecule has 0 aliphatic heterocycles. The van der Waals surface area contributed by atoms with Gasteiger partial charge in [0.2, 0.25) is 0 Å². The van der Waals surface area contributed by atoms with Crippen molar-refractivity contribution in [1.29, 1.82) is 0 Å². The van der Waals surface area contributed by atoms with Crippen LogP contribution < -0.4 is 0 Å². The van der Waals surface area contributed by atoms with E-state index in [1.165, 1.54) is 24.2 Å². The average molecular weight is 267 g/mol. The molecule has 0 aromatic carbocycles. The number of rotatable bonds is 3. The summed E-state index contributed by atoms with van der Waals surface area (Å²) in [6.07, 6.45) is 5.41. The van der Waals surface area contributed by atoms with Gasteiger partial charge in [-0.05, 0) is 37.5 Å². The Labute approximate surface area is 112 Å². The SMILES string of the molecule is CCc1nc(C2CCC(C)(C)CC2)sc1C(=O)O. The number of carbonyl (C=O) groups is 1. The Morgan fingerprint density at radius 3 is 2.50 bits per heavy atom. The highest BCUT2D eigenvalue weighted by Crippen LogP contribution is 2.43. The fraction of sp³-hybridized carbons (Fsp3) is 0.714. The Morgan fingerprint density at radius 2 is 2.06 bits per heavy atom. The molecule has 18 heavy (non-hydrogen) atoms. The van der Waals surface area contributed by atoms with Gasteiger partial charge >= 0.3 is 5.97 Å². The van der Waals surface area contributed by atoms with Gasteiger partial charge in [-0.25, -0.2) is 9.78 Å². The lowest BCUT2D eigenvalue weighted by molar-refractivity contribution is 0.0701. The maximum atomic E-state index is 11.2. The van der Waals surface area contributed by atoms with Crippen molar-refractivity contribution in [2.24, 2.45) is 5.41 Å². The Kier molecular flexibility index (Phi) is 3.76. The number of aromatic carboxylic acids is 1. The minimum absolute atomic E-state index is 0.441. The zero-order valence-corrected chi connectivity index (χ0v) is 12.1. The summed E-state index contributed by atoms with van der Waals surface area (Å²) in [5.41, 5.74) is 1.20. The van der Waals surface area contributed by atoms with Gasteiger partial charge in [0.05, 0.1) is 10.7 Å². The van der Waals surface area contributed by atoms with Crippen molar-refractivity contribution in [3.63, 3.8) is 0 Å². The van der Waals surface area contributed by atoms with Crippen LogP contribution in [0.2, 0.25) is 0 Å². The second-order valence-corrected chi connectivity index (χ2v) is 6.96. The van der Waals surface area contributed by atoms with Crippen molar-refractivity contribution in [2.45, 2.75) is 58.8 Å². The van der Waals surface area contributed by atoms with Crippen LogP contribution in [0.3, 0.4) is 0 Å². The number of hydrogen-bond donors (Lipinski definition) is 1. The molecule has 0 spiro atoms. The van der Waals surface area contributed by atoms with Crippen LogP contribution in [-0.2, 0) is 6.42 Å². The molecule has 3 nitrogen and oxygen atoms in total. The molecule has 1 aliphatic carbocycles. The van der Waals surface area contributed by atoms with Gasteiger partial charge in [0.1, 0.15) is 4.88 Å². The number of carboxylic acids is 1. The molecule has 0 radical (unpaired) electrons. The maximum Gasteiger partial charge on any atom is 0.347 e. The second kappa shape index (κ2) is 5.00. The van der Waals surface area contributed by atoms with Crippen LogP contribution in [-0.4, -0.2) is 16.1 Å². The lowest BCUT2D eigenvalue weighted by Crippen LogP contribution is -2.20. The molecule has 1 aliphatic rings. The first kappa shape index (κ1) is 13.5. The third-order valence-electron chi connectivity index (χ3n) is 3.93. The molecule has 0 atom stereocenters. The van der Waals surface area contributed by atoms with Crippen molar-refractivity contribution in [3.8, 4) is 0 Å². The molecule has 4 heteroatoms. The van der Waals surface area contributed by atoms with Crippen molar-refractivity contribution in [3.05, 3.63) is 15.6 Å². The lowest BCUT2D eigenvalue weighted by Gasteiger charge is -2.33. The van der Waals surface area contributed by atoms with Crippen molar-refractivity contribution >= 4 is 17.3 Å². The Bertz CT molecular complexity index is 441. The topological polar surface area (TPSA) is 50.2 Å².